The van der Waals surface area contributed by atoms with E-state index in [9.17, 15) is 0 Å². The second kappa shape index (κ2) is 3.48. The van der Waals surface area contributed by atoms with Crippen LogP contribution < -0.4 is 5.73 Å². The number of hydrogen-bond donors (Lipinski definition) is 1. The molecule has 2 nitrogen and oxygen atoms in total. The maximum absolute atomic E-state index is 5.77. The van der Waals surface area contributed by atoms with Crippen LogP contribution in [0.1, 0.15) is 17.2 Å². The van der Waals surface area contributed by atoms with E-state index >= 15 is 0 Å². The molecule has 1 aromatic rings. The molecule has 70 valence electrons. The number of fused-ring (bicyclic) bond motifs is 1. The first-order valence-electron chi connectivity index (χ1n) is 4.81. The van der Waals surface area contributed by atoms with Crippen molar-refractivity contribution in [2.45, 2.75) is 12.5 Å². The SMILES string of the molecule is CN1CCc2ccccc2[C@@H]1CN. The molecule has 0 aromatic heterocycles. The number of likely N-dealkylation sites (N-methyl/N-ethyl adjacent to an activating group) is 1. The van der Waals surface area contributed by atoms with Gasteiger partial charge in [-0.05, 0) is 24.6 Å². The lowest BCUT2D eigenvalue weighted by atomic mass is 9.93. The first-order valence-corrected chi connectivity index (χ1v) is 4.81. The first kappa shape index (κ1) is 8.73. The lowest BCUT2D eigenvalue weighted by Crippen LogP contribution is -2.36. The summed E-state index contributed by atoms with van der Waals surface area (Å²) in [5.74, 6) is 0. The Hall–Kier alpha value is -0.860. The summed E-state index contributed by atoms with van der Waals surface area (Å²) < 4.78 is 0. The molecule has 0 amide bonds. The number of nitrogens with zero attached hydrogens (tertiary/aromatic N) is 1. The molecule has 0 fully saturated rings. The highest BCUT2D eigenvalue weighted by atomic mass is 15.1. The minimum Gasteiger partial charge on any atom is -0.329 e. The molecule has 1 aliphatic heterocycles. The molecule has 0 bridgehead atoms. The molecule has 0 spiro atoms. The zero-order valence-electron chi connectivity index (χ0n) is 8.03. The van der Waals surface area contributed by atoms with Gasteiger partial charge in [0.2, 0.25) is 0 Å². The molecule has 1 aromatic carbocycles. The minimum atomic E-state index is 0.421. The summed E-state index contributed by atoms with van der Waals surface area (Å²) in [5, 5.41) is 0. The highest BCUT2D eigenvalue weighted by molar-refractivity contribution is 5.32. The third kappa shape index (κ3) is 1.47. The number of hydrogen-bond acceptors (Lipinski definition) is 2. The normalized spacial score (nSPS) is 22.8. The third-order valence-corrected chi connectivity index (χ3v) is 2.90. The van der Waals surface area contributed by atoms with Crippen molar-refractivity contribution in [1.29, 1.82) is 0 Å². The lowest BCUT2D eigenvalue weighted by molar-refractivity contribution is 0.236. The van der Waals surface area contributed by atoms with E-state index < -0.39 is 0 Å². The van der Waals surface area contributed by atoms with Crippen molar-refractivity contribution in [2.75, 3.05) is 20.1 Å². The maximum atomic E-state index is 5.77. The van der Waals surface area contributed by atoms with Gasteiger partial charge in [0.15, 0.2) is 0 Å². The minimum absolute atomic E-state index is 0.421. The van der Waals surface area contributed by atoms with Crippen LogP contribution >= 0.6 is 0 Å². The maximum Gasteiger partial charge on any atom is 0.0470 e. The fraction of sp³-hybridized carbons (Fsp3) is 0.455. The predicted octanol–water partition coefficient (Wildman–Crippen LogP) is 1.17. The van der Waals surface area contributed by atoms with Crippen molar-refractivity contribution >= 4 is 0 Å². The smallest absolute Gasteiger partial charge is 0.0470 e. The molecule has 1 aliphatic rings. The second-order valence-corrected chi connectivity index (χ2v) is 3.68. The Morgan fingerprint density at radius 3 is 3.00 bits per heavy atom. The zero-order valence-corrected chi connectivity index (χ0v) is 8.03. The summed E-state index contributed by atoms with van der Waals surface area (Å²) in [6.07, 6.45) is 1.16. The van der Waals surface area contributed by atoms with E-state index in [1.165, 1.54) is 11.1 Å². The van der Waals surface area contributed by atoms with Crippen LogP contribution in [0.3, 0.4) is 0 Å². The molecule has 0 unspecified atom stereocenters. The van der Waals surface area contributed by atoms with Crippen LogP contribution in [0.4, 0.5) is 0 Å². The molecule has 0 aliphatic carbocycles. The van der Waals surface area contributed by atoms with Gasteiger partial charge in [-0.25, -0.2) is 0 Å². The molecule has 2 N–H and O–H groups in total. The largest absolute Gasteiger partial charge is 0.329 e. The Bertz CT molecular complexity index is 296. The lowest BCUT2D eigenvalue weighted by Gasteiger charge is -2.33. The molecular weight excluding hydrogens is 160 g/mol. The monoisotopic (exact) mass is 176 g/mol. The topological polar surface area (TPSA) is 29.3 Å². The van der Waals surface area contributed by atoms with Crippen molar-refractivity contribution in [1.82, 2.24) is 4.90 Å². The van der Waals surface area contributed by atoms with Crippen molar-refractivity contribution in [3.8, 4) is 0 Å². The molecule has 0 saturated carbocycles. The van der Waals surface area contributed by atoms with E-state index in [0.717, 1.165) is 13.0 Å². The van der Waals surface area contributed by atoms with E-state index in [-0.39, 0.29) is 0 Å². The molecular formula is C11H16N2. The predicted molar refractivity (Wildman–Crippen MR) is 54.6 cm³/mol. The van der Waals surface area contributed by atoms with E-state index in [2.05, 4.69) is 36.2 Å². The zero-order chi connectivity index (χ0) is 9.26. The van der Waals surface area contributed by atoms with Gasteiger partial charge in [-0.2, -0.15) is 0 Å². The van der Waals surface area contributed by atoms with Gasteiger partial charge in [0.1, 0.15) is 0 Å². The van der Waals surface area contributed by atoms with Crippen LogP contribution in [-0.2, 0) is 6.42 Å². The summed E-state index contributed by atoms with van der Waals surface area (Å²) in [6, 6.07) is 9.04. The third-order valence-electron chi connectivity index (χ3n) is 2.90. The van der Waals surface area contributed by atoms with Gasteiger partial charge in [-0.1, -0.05) is 24.3 Å². The van der Waals surface area contributed by atoms with Crippen LogP contribution in [0.25, 0.3) is 0 Å². The Labute approximate surface area is 79.4 Å². The molecule has 0 radical (unpaired) electrons. The van der Waals surface area contributed by atoms with Crippen LogP contribution in [0.15, 0.2) is 24.3 Å². The first-order chi connectivity index (χ1) is 6.33. The molecule has 0 saturated heterocycles. The van der Waals surface area contributed by atoms with Gasteiger partial charge in [0, 0.05) is 19.1 Å². The fourth-order valence-corrected chi connectivity index (χ4v) is 2.08. The highest BCUT2D eigenvalue weighted by Crippen LogP contribution is 2.26. The van der Waals surface area contributed by atoms with E-state index in [1.54, 1.807) is 0 Å². The van der Waals surface area contributed by atoms with Gasteiger partial charge >= 0.3 is 0 Å². The summed E-state index contributed by atoms with van der Waals surface area (Å²) in [5.41, 5.74) is 8.65. The number of nitrogens with two attached hydrogens (primary N) is 1. The van der Waals surface area contributed by atoms with E-state index in [1.807, 2.05) is 0 Å². The summed E-state index contributed by atoms with van der Waals surface area (Å²) in [7, 11) is 2.15. The van der Waals surface area contributed by atoms with E-state index in [0.29, 0.717) is 12.6 Å². The molecule has 2 rings (SSSR count). The molecule has 13 heavy (non-hydrogen) atoms. The van der Waals surface area contributed by atoms with E-state index in [4.69, 9.17) is 5.73 Å². The van der Waals surface area contributed by atoms with Crippen LogP contribution in [0, 0.1) is 0 Å². The second-order valence-electron chi connectivity index (χ2n) is 3.68. The number of rotatable bonds is 1. The molecule has 1 atom stereocenters. The van der Waals surface area contributed by atoms with Crippen molar-refractivity contribution in [3.63, 3.8) is 0 Å². The molecule has 2 heteroatoms. The standard InChI is InChI=1S/C11H16N2/c1-13-7-6-9-4-2-3-5-10(9)11(13)8-12/h2-5,11H,6-8,12H2,1H3/t11-/m0/s1. The van der Waals surface area contributed by atoms with Gasteiger partial charge in [-0.3, -0.25) is 4.90 Å². The van der Waals surface area contributed by atoms with Crippen molar-refractivity contribution in [2.24, 2.45) is 5.73 Å². The fourth-order valence-electron chi connectivity index (χ4n) is 2.08. The Morgan fingerprint density at radius 1 is 1.46 bits per heavy atom. The van der Waals surface area contributed by atoms with Crippen LogP contribution in [-0.4, -0.2) is 25.0 Å². The van der Waals surface area contributed by atoms with Crippen molar-refractivity contribution < 1.29 is 0 Å². The quantitative estimate of drug-likeness (QED) is 0.696. The number of benzene rings is 1. The highest BCUT2D eigenvalue weighted by Gasteiger charge is 2.22. The van der Waals surface area contributed by atoms with Gasteiger partial charge in [-0.15, -0.1) is 0 Å². The summed E-state index contributed by atoms with van der Waals surface area (Å²) in [6.45, 7) is 1.84. The van der Waals surface area contributed by atoms with Crippen LogP contribution in [0.2, 0.25) is 0 Å². The van der Waals surface area contributed by atoms with Gasteiger partial charge in [0.05, 0.1) is 0 Å². The van der Waals surface area contributed by atoms with Crippen LogP contribution in [0.5, 0.6) is 0 Å². The summed E-state index contributed by atoms with van der Waals surface area (Å²) >= 11 is 0. The average molecular weight is 176 g/mol. The van der Waals surface area contributed by atoms with Crippen molar-refractivity contribution in [3.05, 3.63) is 35.4 Å². The Kier molecular flexibility index (Phi) is 2.34. The Morgan fingerprint density at radius 2 is 2.23 bits per heavy atom. The Balaban J connectivity index is 2.39. The van der Waals surface area contributed by atoms with Gasteiger partial charge < -0.3 is 5.73 Å². The average Bonchev–Trinajstić information content (AvgIpc) is 2.18. The van der Waals surface area contributed by atoms with Gasteiger partial charge in [0.25, 0.3) is 0 Å². The molecule has 1 heterocycles. The summed E-state index contributed by atoms with van der Waals surface area (Å²) in [4.78, 5) is 2.34.